The van der Waals surface area contributed by atoms with Crippen LogP contribution in [0.5, 0.6) is 0 Å². The maximum Gasteiger partial charge on any atom is 0.251 e. The molecule has 1 amide bonds. The third-order valence-electron chi connectivity index (χ3n) is 5.95. The highest BCUT2D eigenvalue weighted by molar-refractivity contribution is 7.89. The number of hydrogen-bond acceptors (Lipinski definition) is 4. The van der Waals surface area contributed by atoms with Crippen molar-refractivity contribution < 1.29 is 13.2 Å². The van der Waals surface area contributed by atoms with Gasteiger partial charge in [0.25, 0.3) is 5.91 Å². The largest absolute Gasteiger partial charge is 0.352 e. The molecule has 1 aliphatic rings. The molecule has 0 radical (unpaired) electrons. The fourth-order valence-corrected chi connectivity index (χ4v) is 5.53. The van der Waals surface area contributed by atoms with Gasteiger partial charge in [0.05, 0.1) is 4.90 Å². The lowest BCUT2D eigenvalue weighted by Gasteiger charge is -2.34. The Bertz CT molecular complexity index is 1190. The molecule has 3 aromatic carbocycles. The van der Waals surface area contributed by atoms with Gasteiger partial charge in [-0.1, -0.05) is 54.1 Å². The van der Waals surface area contributed by atoms with E-state index in [1.54, 1.807) is 28.6 Å². The van der Waals surface area contributed by atoms with Crippen molar-refractivity contribution in [3.63, 3.8) is 0 Å². The molecule has 34 heavy (non-hydrogen) atoms. The number of nitrogens with one attached hydrogen (secondary N) is 1. The first-order chi connectivity index (χ1) is 16.4. The average Bonchev–Trinajstić information content (AvgIpc) is 2.86. The Morgan fingerprint density at radius 3 is 2.09 bits per heavy atom. The van der Waals surface area contributed by atoms with E-state index in [1.807, 2.05) is 54.6 Å². The number of carbonyl (C=O) groups excluding carboxylic acids is 1. The topological polar surface area (TPSA) is 69.7 Å². The number of hydrogen-bond donors (Lipinski definition) is 1. The van der Waals surface area contributed by atoms with Crippen LogP contribution in [0, 0.1) is 0 Å². The molecule has 0 bridgehead atoms. The first-order valence-electron chi connectivity index (χ1n) is 11.3. The molecule has 0 aromatic heterocycles. The highest BCUT2D eigenvalue weighted by Gasteiger charge is 2.28. The van der Waals surface area contributed by atoms with Crippen molar-refractivity contribution >= 4 is 27.5 Å². The van der Waals surface area contributed by atoms with E-state index in [0.29, 0.717) is 48.2 Å². The van der Waals surface area contributed by atoms with E-state index in [-0.39, 0.29) is 5.91 Å². The smallest absolute Gasteiger partial charge is 0.251 e. The zero-order valence-corrected chi connectivity index (χ0v) is 20.4. The normalized spacial score (nSPS) is 15.2. The number of amides is 1. The maximum absolute atomic E-state index is 12.8. The van der Waals surface area contributed by atoms with E-state index in [9.17, 15) is 13.2 Å². The zero-order chi connectivity index (χ0) is 24.0. The van der Waals surface area contributed by atoms with Crippen molar-refractivity contribution in [3.05, 3.63) is 101 Å². The summed E-state index contributed by atoms with van der Waals surface area (Å²) < 4.78 is 27.1. The molecule has 0 saturated carbocycles. The zero-order valence-electron chi connectivity index (χ0n) is 18.9. The molecule has 0 atom stereocenters. The molecule has 0 spiro atoms. The molecule has 1 saturated heterocycles. The van der Waals surface area contributed by atoms with Gasteiger partial charge in [-0.05, 0) is 53.9 Å². The second-order valence-corrected chi connectivity index (χ2v) is 10.7. The van der Waals surface area contributed by atoms with Crippen LogP contribution in [0.2, 0.25) is 5.02 Å². The predicted octanol–water partition coefficient (Wildman–Crippen LogP) is 3.82. The number of halogens is 1. The molecule has 4 rings (SSSR count). The van der Waals surface area contributed by atoms with Gasteiger partial charge in [0.15, 0.2) is 0 Å². The second kappa shape index (κ2) is 11.1. The average molecular weight is 498 g/mol. The van der Waals surface area contributed by atoms with Gasteiger partial charge < -0.3 is 5.32 Å². The molecule has 178 valence electrons. The van der Waals surface area contributed by atoms with Crippen LogP contribution >= 0.6 is 11.6 Å². The lowest BCUT2D eigenvalue weighted by Crippen LogP contribution is -2.48. The molecule has 0 unspecified atom stereocenters. The van der Waals surface area contributed by atoms with Gasteiger partial charge >= 0.3 is 0 Å². The van der Waals surface area contributed by atoms with Crippen molar-refractivity contribution in [1.82, 2.24) is 14.5 Å². The molecule has 1 aliphatic heterocycles. The van der Waals surface area contributed by atoms with Gasteiger partial charge in [-0.2, -0.15) is 4.31 Å². The summed E-state index contributed by atoms with van der Waals surface area (Å²) in [5, 5.41) is 3.65. The van der Waals surface area contributed by atoms with Gasteiger partial charge in [-0.15, -0.1) is 0 Å². The van der Waals surface area contributed by atoms with Crippen molar-refractivity contribution in [2.24, 2.45) is 0 Å². The van der Waals surface area contributed by atoms with Crippen LogP contribution in [-0.2, 0) is 23.0 Å². The van der Waals surface area contributed by atoms with Crippen LogP contribution in [0.4, 0.5) is 0 Å². The molecular weight excluding hydrogens is 470 g/mol. The maximum atomic E-state index is 12.8. The number of nitrogens with zero attached hydrogens (tertiary/aromatic N) is 2. The molecule has 6 nitrogen and oxygen atoms in total. The molecular formula is C26H28ClN3O3S. The number of carbonyl (C=O) groups is 1. The Kier molecular flexibility index (Phi) is 8.00. The molecule has 8 heteroatoms. The van der Waals surface area contributed by atoms with Crippen molar-refractivity contribution in [1.29, 1.82) is 0 Å². The lowest BCUT2D eigenvalue weighted by atomic mass is 10.1. The third kappa shape index (κ3) is 6.24. The van der Waals surface area contributed by atoms with Crippen LogP contribution in [0.15, 0.2) is 83.8 Å². The van der Waals surface area contributed by atoms with Crippen molar-refractivity contribution in [2.75, 3.05) is 32.7 Å². The summed E-state index contributed by atoms with van der Waals surface area (Å²) in [6.07, 6.45) is 0.743. The highest BCUT2D eigenvalue weighted by atomic mass is 35.5. The molecule has 1 fully saturated rings. The quantitative estimate of drug-likeness (QED) is 0.513. The van der Waals surface area contributed by atoms with E-state index < -0.39 is 10.0 Å². The van der Waals surface area contributed by atoms with E-state index >= 15 is 0 Å². The Morgan fingerprint density at radius 2 is 1.44 bits per heavy atom. The SMILES string of the molecule is O=C(NCCc1ccc(Cl)cc1)c1ccc(CN2CCN(S(=O)(=O)c3ccccc3)CC2)cc1. The number of piperazine rings is 1. The van der Waals surface area contributed by atoms with E-state index in [4.69, 9.17) is 11.6 Å². The third-order valence-corrected chi connectivity index (χ3v) is 8.11. The van der Waals surface area contributed by atoms with Crippen LogP contribution in [0.3, 0.4) is 0 Å². The van der Waals surface area contributed by atoms with Crippen LogP contribution < -0.4 is 5.32 Å². The Labute approximate surface area is 206 Å². The fourth-order valence-electron chi connectivity index (χ4n) is 3.96. The van der Waals surface area contributed by atoms with Crippen molar-refractivity contribution in [3.8, 4) is 0 Å². The van der Waals surface area contributed by atoms with Gasteiger partial charge in [0.1, 0.15) is 0 Å². The number of benzene rings is 3. The minimum Gasteiger partial charge on any atom is -0.352 e. The summed E-state index contributed by atoms with van der Waals surface area (Å²) in [5.41, 5.74) is 2.84. The van der Waals surface area contributed by atoms with Gasteiger partial charge in [-0.25, -0.2) is 8.42 Å². The van der Waals surface area contributed by atoms with Crippen LogP contribution in [-0.4, -0.2) is 56.3 Å². The second-order valence-electron chi connectivity index (χ2n) is 8.32. The summed E-state index contributed by atoms with van der Waals surface area (Å²) >= 11 is 5.90. The van der Waals surface area contributed by atoms with Gasteiger partial charge in [0.2, 0.25) is 10.0 Å². The van der Waals surface area contributed by atoms with Gasteiger partial charge in [0, 0.05) is 49.9 Å². The number of sulfonamides is 1. The minimum atomic E-state index is -3.44. The molecule has 3 aromatic rings. The van der Waals surface area contributed by atoms with E-state index in [0.717, 1.165) is 24.1 Å². The van der Waals surface area contributed by atoms with E-state index in [1.165, 1.54) is 0 Å². The summed E-state index contributed by atoms with van der Waals surface area (Å²) in [4.78, 5) is 15.0. The standard InChI is InChI=1S/C26H28ClN3O3S/c27-24-12-8-21(9-13-24)14-15-28-26(31)23-10-6-22(7-11-23)20-29-16-18-30(19-17-29)34(32,33)25-4-2-1-3-5-25/h1-13H,14-20H2,(H,28,31). The van der Waals surface area contributed by atoms with Gasteiger partial charge in [-0.3, -0.25) is 9.69 Å². The summed E-state index contributed by atoms with van der Waals surface area (Å²) in [5.74, 6) is -0.0970. The molecule has 0 aliphatic carbocycles. The monoisotopic (exact) mass is 497 g/mol. The first-order valence-corrected chi connectivity index (χ1v) is 13.1. The van der Waals surface area contributed by atoms with Crippen LogP contribution in [0.25, 0.3) is 0 Å². The summed E-state index contributed by atoms with van der Waals surface area (Å²) in [6.45, 7) is 3.53. The van der Waals surface area contributed by atoms with E-state index in [2.05, 4.69) is 10.2 Å². The lowest BCUT2D eigenvalue weighted by molar-refractivity contribution is 0.0954. The molecule has 1 heterocycles. The minimum absolute atomic E-state index is 0.0970. The Morgan fingerprint density at radius 1 is 0.824 bits per heavy atom. The predicted molar refractivity (Wildman–Crippen MR) is 134 cm³/mol. The number of rotatable bonds is 8. The first kappa shape index (κ1) is 24.4. The summed E-state index contributed by atoms with van der Waals surface area (Å²) in [6, 6.07) is 23.8. The Balaban J connectivity index is 1.24. The Hall–Kier alpha value is -2.71. The van der Waals surface area contributed by atoms with Crippen LogP contribution in [0.1, 0.15) is 21.5 Å². The molecule has 1 N–H and O–H groups in total. The summed E-state index contributed by atoms with van der Waals surface area (Å²) in [7, 11) is -3.44. The fraction of sp³-hybridized carbons (Fsp3) is 0.269. The highest BCUT2D eigenvalue weighted by Crippen LogP contribution is 2.18. The van der Waals surface area contributed by atoms with Crippen molar-refractivity contribution in [2.45, 2.75) is 17.9 Å².